The maximum Gasteiger partial charge on any atom is 0.236 e. The first-order valence-electron chi connectivity index (χ1n) is 6.41. The van der Waals surface area contributed by atoms with Gasteiger partial charge in [0.1, 0.15) is 0 Å². The fourth-order valence-corrected chi connectivity index (χ4v) is 3.45. The lowest BCUT2D eigenvalue weighted by Crippen LogP contribution is -2.13. The van der Waals surface area contributed by atoms with Crippen LogP contribution in [0.5, 0.6) is 0 Å². The van der Waals surface area contributed by atoms with Gasteiger partial charge in [0, 0.05) is 21.9 Å². The molecule has 6 heteroatoms. The molecule has 0 fully saturated rings. The van der Waals surface area contributed by atoms with E-state index >= 15 is 0 Å². The average Bonchev–Trinajstić information content (AvgIpc) is 2.90. The van der Waals surface area contributed by atoms with Crippen LogP contribution in [0.15, 0.2) is 46.8 Å². The molecular formula is C15H13N3OS2. The van der Waals surface area contributed by atoms with Gasteiger partial charge in [0.2, 0.25) is 5.91 Å². The molecule has 1 aromatic carbocycles. The molecule has 0 atom stereocenters. The first-order valence-corrected chi connectivity index (χ1v) is 8.27. The second-order valence-electron chi connectivity index (χ2n) is 4.46. The van der Waals surface area contributed by atoms with E-state index in [9.17, 15) is 4.79 Å². The molecule has 4 nitrogen and oxygen atoms in total. The highest BCUT2D eigenvalue weighted by Gasteiger charge is 2.08. The molecule has 0 aliphatic rings. The Morgan fingerprint density at radius 1 is 1.33 bits per heavy atom. The van der Waals surface area contributed by atoms with E-state index < -0.39 is 0 Å². The number of anilines is 1. The van der Waals surface area contributed by atoms with Crippen molar-refractivity contribution >= 4 is 45.0 Å². The van der Waals surface area contributed by atoms with Gasteiger partial charge in [-0.3, -0.25) is 9.78 Å². The number of thiazole rings is 1. The van der Waals surface area contributed by atoms with Crippen LogP contribution in [0.1, 0.15) is 5.69 Å². The number of thioether (sulfide) groups is 1. The van der Waals surface area contributed by atoms with Crippen LogP contribution in [0, 0.1) is 6.92 Å². The van der Waals surface area contributed by atoms with Crippen molar-refractivity contribution in [2.75, 3.05) is 11.1 Å². The molecular weight excluding hydrogens is 302 g/mol. The molecule has 3 rings (SSSR count). The van der Waals surface area contributed by atoms with Crippen LogP contribution in [-0.2, 0) is 4.79 Å². The summed E-state index contributed by atoms with van der Waals surface area (Å²) in [7, 11) is 0. The largest absolute Gasteiger partial charge is 0.301 e. The van der Waals surface area contributed by atoms with Crippen molar-refractivity contribution in [2.24, 2.45) is 0 Å². The minimum atomic E-state index is -0.0534. The summed E-state index contributed by atoms with van der Waals surface area (Å²) >= 11 is 2.92. The molecule has 0 aliphatic heterocycles. The molecule has 0 unspecified atom stereocenters. The average molecular weight is 315 g/mol. The molecule has 2 heterocycles. The van der Waals surface area contributed by atoms with Gasteiger partial charge in [-0.15, -0.1) is 23.1 Å². The predicted molar refractivity (Wildman–Crippen MR) is 87.9 cm³/mol. The molecule has 0 spiro atoms. The molecule has 1 N–H and O–H groups in total. The number of fused-ring (bicyclic) bond motifs is 1. The maximum absolute atomic E-state index is 11.9. The van der Waals surface area contributed by atoms with Crippen LogP contribution in [0.3, 0.4) is 0 Å². The van der Waals surface area contributed by atoms with Gasteiger partial charge in [-0.1, -0.05) is 18.2 Å². The van der Waals surface area contributed by atoms with Crippen LogP contribution in [0.4, 0.5) is 5.13 Å². The van der Waals surface area contributed by atoms with E-state index in [1.807, 2.05) is 42.6 Å². The van der Waals surface area contributed by atoms with E-state index in [1.165, 1.54) is 23.1 Å². The Morgan fingerprint density at radius 2 is 2.19 bits per heavy atom. The number of benzene rings is 1. The van der Waals surface area contributed by atoms with Crippen LogP contribution >= 0.6 is 23.1 Å². The number of hydrogen-bond donors (Lipinski definition) is 1. The number of pyridine rings is 1. The fraction of sp³-hybridized carbons (Fsp3) is 0.133. The molecule has 106 valence electrons. The first-order chi connectivity index (χ1) is 10.2. The van der Waals surface area contributed by atoms with Crippen LogP contribution in [0.2, 0.25) is 0 Å². The summed E-state index contributed by atoms with van der Waals surface area (Å²) in [5, 5.41) is 6.45. The number of hydrogen-bond acceptors (Lipinski definition) is 5. The van der Waals surface area contributed by atoms with Gasteiger partial charge in [0.25, 0.3) is 0 Å². The van der Waals surface area contributed by atoms with Crippen LogP contribution in [0.25, 0.3) is 10.9 Å². The maximum atomic E-state index is 11.9. The van der Waals surface area contributed by atoms with E-state index in [-0.39, 0.29) is 5.91 Å². The topological polar surface area (TPSA) is 54.9 Å². The minimum Gasteiger partial charge on any atom is -0.301 e. The third-order valence-electron chi connectivity index (χ3n) is 2.82. The molecule has 0 saturated heterocycles. The standard InChI is InChI=1S/C15H13N3OS2/c1-10-8-21-15(17-10)18-13(19)9-20-12-6-2-4-11-5-3-7-16-14(11)12/h2-8H,9H2,1H3,(H,17,18,19). The molecule has 0 radical (unpaired) electrons. The second-order valence-corrected chi connectivity index (χ2v) is 6.34. The van der Waals surface area contributed by atoms with Gasteiger partial charge >= 0.3 is 0 Å². The number of amides is 1. The summed E-state index contributed by atoms with van der Waals surface area (Å²) in [5.41, 5.74) is 1.85. The lowest BCUT2D eigenvalue weighted by Gasteiger charge is -2.05. The molecule has 0 aliphatic carbocycles. The van der Waals surface area contributed by atoms with E-state index in [4.69, 9.17) is 0 Å². The number of nitrogens with zero attached hydrogens (tertiary/aromatic N) is 2. The molecule has 1 amide bonds. The van der Waals surface area contributed by atoms with Gasteiger partial charge in [-0.05, 0) is 19.1 Å². The number of nitrogens with one attached hydrogen (secondary N) is 1. The number of rotatable bonds is 4. The van der Waals surface area contributed by atoms with Gasteiger partial charge in [-0.2, -0.15) is 0 Å². The van der Waals surface area contributed by atoms with Gasteiger partial charge in [-0.25, -0.2) is 4.98 Å². The normalized spacial score (nSPS) is 10.7. The van der Waals surface area contributed by atoms with Gasteiger partial charge in [0.05, 0.1) is 17.0 Å². The zero-order chi connectivity index (χ0) is 14.7. The van der Waals surface area contributed by atoms with E-state index in [2.05, 4.69) is 15.3 Å². The van der Waals surface area contributed by atoms with E-state index in [0.29, 0.717) is 10.9 Å². The number of carbonyl (C=O) groups is 1. The molecule has 21 heavy (non-hydrogen) atoms. The number of aromatic nitrogens is 2. The fourth-order valence-electron chi connectivity index (χ4n) is 1.90. The highest BCUT2D eigenvalue weighted by atomic mass is 32.2. The SMILES string of the molecule is Cc1csc(NC(=O)CSc2cccc3cccnc23)n1. The van der Waals surface area contributed by atoms with Crippen molar-refractivity contribution in [2.45, 2.75) is 11.8 Å². The Balaban J connectivity index is 1.67. The Bertz CT molecular complexity index is 780. The van der Waals surface area contributed by atoms with Crippen molar-refractivity contribution in [3.05, 3.63) is 47.6 Å². The van der Waals surface area contributed by atoms with Gasteiger partial charge < -0.3 is 5.32 Å². The molecule has 0 bridgehead atoms. The van der Waals surface area contributed by atoms with Crippen molar-refractivity contribution in [1.82, 2.24) is 9.97 Å². The predicted octanol–water partition coefficient (Wildman–Crippen LogP) is 3.73. The highest BCUT2D eigenvalue weighted by molar-refractivity contribution is 8.00. The first kappa shape index (κ1) is 14.0. The molecule has 3 aromatic rings. The van der Waals surface area contributed by atoms with Crippen molar-refractivity contribution in [3.8, 4) is 0 Å². The smallest absolute Gasteiger partial charge is 0.236 e. The lowest BCUT2D eigenvalue weighted by atomic mass is 10.2. The highest BCUT2D eigenvalue weighted by Crippen LogP contribution is 2.26. The van der Waals surface area contributed by atoms with Gasteiger partial charge in [0.15, 0.2) is 5.13 Å². The third kappa shape index (κ3) is 3.40. The third-order valence-corrected chi connectivity index (χ3v) is 4.74. The number of carbonyl (C=O) groups excluding carboxylic acids is 1. The van der Waals surface area contributed by atoms with E-state index in [1.54, 1.807) is 6.20 Å². The molecule has 0 saturated carbocycles. The van der Waals surface area contributed by atoms with Crippen LogP contribution < -0.4 is 5.32 Å². The Labute approximate surface area is 130 Å². The quantitative estimate of drug-likeness (QED) is 0.745. The zero-order valence-electron chi connectivity index (χ0n) is 11.4. The number of aryl methyl sites for hydroxylation is 1. The Hall–Kier alpha value is -1.92. The van der Waals surface area contributed by atoms with Crippen molar-refractivity contribution < 1.29 is 4.79 Å². The summed E-state index contributed by atoms with van der Waals surface area (Å²) in [6.07, 6.45) is 1.77. The summed E-state index contributed by atoms with van der Waals surface area (Å²) in [5.74, 6) is 0.288. The summed E-state index contributed by atoms with van der Waals surface area (Å²) in [6, 6.07) is 9.92. The van der Waals surface area contributed by atoms with Crippen molar-refractivity contribution in [1.29, 1.82) is 0 Å². The monoisotopic (exact) mass is 315 g/mol. The van der Waals surface area contributed by atoms with Crippen LogP contribution in [-0.4, -0.2) is 21.6 Å². The summed E-state index contributed by atoms with van der Waals surface area (Å²) in [6.45, 7) is 1.91. The number of para-hydroxylation sites is 1. The Morgan fingerprint density at radius 3 is 3.00 bits per heavy atom. The minimum absolute atomic E-state index is 0.0534. The molecule has 2 aromatic heterocycles. The lowest BCUT2D eigenvalue weighted by molar-refractivity contribution is -0.113. The van der Waals surface area contributed by atoms with Crippen molar-refractivity contribution in [3.63, 3.8) is 0 Å². The Kier molecular flexibility index (Phi) is 4.17. The van der Waals surface area contributed by atoms with E-state index in [0.717, 1.165) is 21.5 Å². The summed E-state index contributed by atoms with van der Waals surface area (Å²) in [4.78, 5) is 21.6. The zero-order valence-corrected chi connectivity index (χ0v) is 13.0. The summed E-state index contributed by atoms with van der Waals surface area (Å²) < 4.78 is 0. The second kappa shape index (κ2) is 6.24.